The molecule has 0 fully saturated rings. The number of rotatable bonds is 4. The van der Waals surface area contributed by atoms with E-state index in [1.165, 1.54) is 30.6 Å². The normalized spacial score (nSPS) is 17.2. The first kappa shape index (κ1) is 20.7. The Morgan fingerprint density at radius 1 is 1.42 bits per heavy atom. The first-order valence-corrected chi connectivity index (χ1v) is 10.3. The third kappa shape index (κ3) is 3.48. The maximum atomic E-state index is 12.9. The molecule has 2 aliphatic rings. The molecule has 0 radical (unpaired) electrons. The zero-order valence-electron chi connectivity index (χ0n) is 16.8. The number of amides is 2. The highest BCUT2D eigenvalue weighted by Crippen LogP contribution is 2.45. The lowest BCUT2D eigenvalue weighted by molar-refractivity contribution is -0.386. The second-order valence-electron chi connectivity index (χ2n) is 6.94. The number of thiophene rings is 1. The second-order valence-corrected chi connectivity index (χ2v) is 8.05. The van der Waals surface area contributed by atoms with Crippen molar-refractivity contribution in [1.82, 2.24) is 10.2 Å². The number of phenolic OH excluding ortho intramolecular Hbond substituents is 1. The lowest BCUT2D eigenvalue weighted by Gasteiger charge is -2.28. The number of hydrogen-bond acceptors (Lipinski definition) is 9. The number of nitrogens with zero attached hydrogens (tertiary/aromatic N) is 2. The smallest absolute Gasteiger partial charge is 0.410 e. The lowest BCUT2D eigenvalue weighted by atomic mass is 10.00. The fraction of sp³-hybridized carbons (Fsp3) is 0.368. The van der Waals surface area contributed by atoms with Gasteiger partial charge in [-0.05, 0) is 31.0 Å². The first-order valence-electron chi connectivity index (χ1n) is 9.53. The van der Waals surface area contributed by atoms with Crippen LogP contribution in [0.3, 0.4) is 0 Å². The number of aromatic hydroxyl groups is 1. The van der Waals surface area contributed by atoms with Crippen LogP contribution in [0.15, 0.2) is 12.1 Å². The van der Waals surface area contributed by atoms with E-state index in [0.717, 1.165) is 10.4 Å². The molecule has 0 spiro atoms. The summed E-state index contributed by atoms with van der Waals surface area (Å²) in [6.07, 6.45) is -0.787. The highest BCUT2D eigenvalue weighted by atomic mass is 32.1. The van der Waals surface area contributed by atoms with E-state index in [-0.39, 0.29) is 29.6 Å². The van der Waals surface area contributed by atoms with Crippen LogP contribution in [0.25, 0.3) is 0 Å². The molecular formula is C19H20N4O7S. The number of phenols is 1. The van der Waals surface area contributed by atoms with Gasteiger partial charge in [-0.1, -0.05) is 0 Å². The van der Waals surface area contributed by atoms with Crippen LogP contribution in [0.5, 0.6) is 11.5 Å². The Balaban J connectivity index is 1.68. The number of hydrogen-bond donors (Lipinski definition) is 3. The van der Waals surface area contributed by atoms with E-state index < -0.39 is 22.9 Å². The number of benzene rings is 1. The molecule has 11 nitrogen and oxygen atoms in total. The van der Waals surface area contributed by atoms with Crippen molar-refractivity contribution in [2.24, 2.45) is 0 Å². The van der Waals surface area contributed by atoms with Gasteiger partial charge < -0.3 is 30.1 Å². The van der Waals surface area contributed by atoms with E-state index in [1.54, 1.807) is 11.8 Å². The number of ether oxygens (including phenoxy) is 2. The molecule has 2 amide bonds. The summed E-state index contributed by atoms with van der Waals surface area (Å²) >= 11 is 1.33. The van der Waals surface area contributed by atoms with Crippen LogP contribution in [0.1, 0.15) is 39.5 Å². The average Bonchev–Trinajstić information content (AvgIpc) is 3.11. The molecule has 0 aliphatic carbocycles. The molecule has 0 saturated heterocycles. The molecule has 1 aromatic carbocycles. The van der Waals surface area contributed by atoms with Gasteiger partial charge in [0.2, 0.25) is 5.75 Å². The minimum absolute atomic E-state index is 0.151. The largest absolute Gasteiger partial charge is 0.504 e. The van der Waals surface area contributed by atoms with Gasteiger partial charge in [0.05, 0.1) is 36.3 Å². The summed E-state index contributed by atoms with van der Waals surface area (Å²) < 4.78 is 10.1. The molecule has 164 valence electrons. The number of nitro benzene ring substituents is 1. The van der Waals surface area contributed by atoms with Gasteiger partial charge in [0.25, 0.3) is 5.91 Å². The van der Waals surface area contributed by atoms with Gasteiger partial charge in [0.15, 0.2) is 5.75 Å². The molecule has 3 heterocycles. The zero-order valence-corrected chi connectivity index (χ0v) is 17.6. The Kier molecular flexibility index (Phi) is 5.31. The Bertz CT molecular complexity index is 1080. The van der Waals surface area contributed by atoms with Crippen molar-refractivity contribution in [2.45, 2.75) is 26.1 Å². The van der Waals surface area contributed by atoms with Crippen LogP contribution in [-0.2, 0) is 17.7 Å². The number of nitrogens with one attached hydrogen (secondary N) is 2. The highest BCUT2D eigenvalue weighted by molar-refractivity contribution is 7.16. The third-order valence-electron chi connectivity index (χ3n) is 5.20. The van der Waals surface area contributed by atoms with E-state index >= 15 is 0 Å². The van der Waals surface area contributed by atoms with Crippen LogP contribution in [0, 0.1) is 10.1 Å². The summed E-state index contributed by atoms with van der Waals surface area (Å²) in [5.74, 6) is -1.01. The fourth-order valence-corrected chi connectivity index (χ4v) is 5.13. The van der Waals surface area contributed by atoms with Crippen molar-refractivity contribution < 1.29 is 29.1 Å². The molecule has 2 aliphatic heterocycles. The molecule has 0 bridgehead atoms. The average molecular weight is 448 g/mol. The first-order chi connectivity index (χ1) is 14.8. The van der Waals surface area contributed by atoms with Gasteiger partial charge in [0, 0.05) is 11.4 Å². The Morgan fingerprint density at radius 3 is 2.87 bits per heavy atom. The summed E-state index contributed by atoms with van der Waals surface area (Å²) in [5.41, 5.74) is 1.08. The van der Waals surface area contributed by atoms with Crippen LogP contribution in [-0.4, -0.2) is 47.2 Å². The van der Waals surface area contributed by atoms with Crippen molar-refractivity contribution >= 4 is 34.0 Å². The molecule has 0 unspecified atom stereocenters. The van der Waals surface area contributed by atoms with Crippen molar-refractivity contribution in [3.63, 3.8) is 0 Å². The molecule has 4 rings (SSSR count). The number of carbonyl (C=O) groups excluding carboxylic acids is 2. The Hall–Kier alpha value is -3.54. The van der Waals surface area contributed by atoms with Crippen LogP contribution < -0.4 is 15.4 Å². The predicted molar refractivity (Wildman–Crippen MR) is 111 cm³/mol. The molecular weight excluding hydrogens is 428 g/mol. The van der Waals surface area contributed by atoms with Crippen molar-refractivity contribution in [3.8, 4) is 11.5 Å². The molecule has 2 aromatic rings. The summed E-state index contributed by atoms with van der Waals surface area (Å²) in [6, 6.07) is 2.65. The van der Waals surface area contributed by atoms with Gasteiger partial charge in [-0.2, -0.15) is 0 Å². The van der Waals surface area contributed by atoms with E-state index in [1.807, 2.05) is 0 Å². The van der Waals surface area contributed by atoms with Crippen LogP contribution in [0.2, 0.25) is 0 Å². The SMILES string of the molecule is CCOC(=O)N1CCc2c(sc3c2C(=O)N[C@H](c2ccc(O)c(OC)c2[N+](=O)[O-])N3)C1. The number of nitro groups is 1. The van der Waals surface area contributed by atoms with E-state index in [2.05, 4.69) is 10.6 Å². The second kappa shape index (κ2) is 7.95. The quantitative estimate of drug-likeness (QED) is 0.478. The van der Waals surface area contributed by atoms with Crippen LogP contribution in [0.4, 0.5) is 15.5 Å². The molecule has 3 N–H and O–H groups in total. The lowest BCUT2D eigenvalue weighted by Crippen LogP contribution is -2.39. The molecule has 0 saturated carbocycles. The monoisotopic (exact) mass is 448 g/mol. The summed E-state index contributed by atoms with van der Waals surface area (Å²) in [6.45, 7) is 2.79. The number of anilines is 1. The Morgan fingerprint density at radius 2 is 2.19 bits per heavy atom. The zero-order chi connectivity index (χ0) is 22.3. The summed E-state index contributed by atoms with van der Waals surface area (Å²) in [4.78, 5) is 38.4. The molecule has 1 aromatic heterocycles. The van der Waals surface area contributed by atoms with Crippen molar-refractivity contribution in [2.75, 3.05) is 25.6 Å². The third-order valence-corrected chi connectivity index (χ3v) is 6.35. The molecule has 1 atom stereocenters. The van der Waals surface area contributed by atoms with Gasteiger partial charge in [-0.25, -0.2) is 4.79 Å². The molecule has 31 heavy (non-hydrogen) atoms. The van der Waals surface area contributed by atoms with E-state index in [4.69, 9.17) is 9.47 Å². The maximum Gasteiger partial charge on any atom is 0.410 e. The maximum absolute atomic E-state index is 12.9. The van der Waals surface area contributed by atoms with E-state index in [0.29, 0.717) is 30.1 Å². The van der Waals surface area contributed by atoms with Gasteiger partial charge in [0.1, 0.15) is 11.2 Å². The summed E-state index contributed by atoms with van der Waals surface area (Å²) in [5, 5.41) is 28.1. The Labute approximate surface area is 180 Å². The van der Waals surface area contributed by atoms with E-state index in [9.17, 15) is 24.8 Å². The standard InChI is InChI=1S/C19H20N4O7S/c1-3-30-19(26)22-7-6-9-12(8-22)31-18-13(9)17(25)20-16(21-18)10-4-5-11(24)15(29-2)14(10)23(27)28/h4-5,16,21,24H,3,6-8H2,1-2H3,(H,20,25)/t16-/m0/s1. The predicted octanol–water partition coefficient (Wildman–Crippen LogP) is 2.74. The minimum Gasteiger partial charge on any atom is -0.504 e. The highest BCUT2D eigenvalue weighted by Gasteiger charge is 2.37. The number of carbonyl (C=O) groups is 2. The minimum atomic E-state index is -0.892. The van der Waals surface area contributed by atoms with Crippen LogP contribution >= 0.6 is 11.3 Å². The fourth-order valence-electron chi connectivity index (χ4n) is 3.84. The van der Waals surface area contributed by atoms with Crippen molar-refractivity contribution in [1.29, 1.82) is 0 Å². The topological polar surface area (TPSA) is 143 Å². The van der Waals surface area contributed by atoms with Gasteiger partial charge in [-0.15, -0.1) is 11.3 Å². The van der Waals surface area contributed by atoms with Crippen molar-refractivity contribution in [3.05, 3.63) is 43.8 Å². The van der Waals surface area contributed by atoms with Gasteiger partial charge in [-0.3, -0.25) is 14.9 Å². The van der Waals surface area contributed by atoms with Gasteiger partial charge >= 0.3 is 11.8 Å². The molecule has 12 heteroatoms. The number of methoxy groups -OCH3 is 1. The number of fused-ring (bicyclic) bond motifs is 3. The summed E-state index contributed by atoms with van der Waals surface area (Å²) in [7, 11) is 1.22.